The van der Waals surface area contributed by atoms with Crippen LogP contribution in [0.15, 0.2) is 72.8 Å². The normalized spacial score (nSPS) is 16.5. The van der Waals surface area contributed by atoms with E-state index < -0.39 is 6.10 Å². The van der Waals surface area contributed by atoms with E-state index in [1.54, 1.807) is 30.0 Å². The molecule has 2 atom stereocenters. The Balaban J connectivity index is 1.60. The maximum atomic E-state index is 13.3. The molecule has 1 amide bonds. The number of anilines is 2. The Hall–Kier alpha value is -2.69. The minimum absolute atomic E-state index is 0.0126. The number of fused-ring (bicyclic) bond motifs is 1. The molecule has 1 heterocycles. The standard InChI is InChI=1S/C23H20Cl2N2O2/c1-15(29-22-12-11-17(24)13-18(22)25)23(28)27-14-20(16-7-3-2-4-8-16)26-19-9-5-6-10-21(19)27/h2-13,15,20,26H,14H2,1H3. The molecule has 6 heteroatoms. The van der Waals surface area contributed by atoms with Gasteiger partial charge in [0.15, 0.2) is 6.10 Å². The smallest absolute Gasteiger partial charge is 0.267 e. The van der Waals surface area contributed by atoms with E-state index in [2.05, 4.69) is 17.4 Å². The summed E-state index contributed by atoms with van der Waals surface area (Å²) in [5.41, 5.74) is 2.87. The predicted molar refractivity (Wildman–Crippen MR) is 118 cm³/mol. The predicted octanol–water partition coefficient (Wildman–Crippen LogP) is 5.96. The molecule has 1 aliphatic rings. The Labute approximate surface area is 180 Å². The van der Waals surface area contributed by atoms with Gasteiger partial charge in [-0.25, -0.2) is 0 Å². The van der Waals surface area contributed by atoms with E-state index in [0.717, 1.165) is 16.9 Å². The van der Waals surface area contributed by atoms with Crippen molar-refractivity contribution in [2.75, 3.05) is 16.8 Å². The Morgan fingerprint density at radius 2 is 1.79 bits per heavy atom. The fourth-order valence-electron chi connectivity index (χ4n) is 3.46. The molecule has 1 aliphatic heterocycles. The number of nitrogens with zero attached hydrogens (tertiary/aromatic N) is 1. The minimum atomic E-state index is -0.712. The zero-order valence-electron chi connectivity index (χ0n) is 15.8. The molecule has 148 valence electrons. The molecule has 3 aromatic carbocycles. The first-order valence-electron chi connectivity index (χ1n) is 9.36. The third kappa shape index (κ3) is 4.19. The van der Waals surface area contributed by atoms with Gasteiger partial charge in [-0.3, -0.25) is 4.79 Å². The number of carbonyl (C=O) groups is 1. The van der Waals surface area contributed by atoms with E-state index in [1.807, 2.05) is 42.5 Å². The van der Waals surface area contributed by atoms with Crippen LogP contribution in [0.25, 0.3) is 0 Å². The summed E-state index contributed by atoms with van der Waals surface area (Å²) in [5, 5.41) is 4.42. The summed E-state index contributed by atoms with van der Waals surface area (Å²) in [6, 6.07) is 22.8. The lowest BCUT2D eigenvalue weighted by molar-refractivity contribution is -0.124. The molecule has 0 radical (unpaired) electrons. The second-order valence-corrected chi connectivity index (χ2v) is 7.75. The van der Waals surface area contributed by atoms with Gasteiger partial charge in [-0.2, -0.15) is 0 Å². The molecule has 0 saturated carbocycles. The molecular weight excluding hydrogens is 407 g/mol. The van der Waals surface area contributed by atoms with E-state index in [4.69, 9.17) is 27.9 Å². The number of amides is 1. The minimum Gasteiger partial charge on any atom is -0.479 e. The molecule has 0 aromatic heterocycles. The second kappa shape index (κ2) is 8.36. The van der Waals surface area contributed by atoms with E-state index in [0.29, 0.717) is 22.3 Å². The topological polar surface area (TPSA) is 41.6 Å². The van der Waals surface area contributed by atoms with Crippen molar-refractivity contribution in [3.05, 3.63) is 88.4 Å². The van der Waals surface area contributed by atoms with Crippen molar-refractivity contribution < 1.29 is 9.53 Å². The molecule has 3 aromatic rings. The number of hydrogen-bond donors (Lipinski definition) is 1. The molecule has 0 fully saturated rings. The number of rotatable bonds is 4. The summed E-state index contributed by atoms with van der Waals surface area (Å²) in [6.45, 7) is 2.23. The highest BCUT2D eigenvalue weighted by Gasteiger charge is 2.32. The Morgan fingerprint density at radius 1 is 1.07 bits per heavy atom. The molecule has 1 N–H and O–H groups in total. The molecule has 0 saturated heterocycles. The Morgan fingerprint density at radius 3 is 2.55 bits per heavy atom. The van der Waals surface area contributed by atoms with Crippen molar-refractivity contribution in [2.45, 2.75) is 19.1 Å². The highest BCUT2D eigenvalue weighted by atomic mass is 35.5. The van der Waals surface area contributed by atoms with Crippen molar-refractivity contribution in [2.24, 2.45) is 0 Å². The summed E-state index contributed by atoms with van der Waals surface area (Å²) >= 11 is 12.2. The highest BCUT2D eigenvalue weighted by molar-refractivity contribution is 6.35. The number of nitrogens with one attached hydrogen (secondary N) is 1. The zero-order valence-corrected chi connectivity index (χ0v) is 17.3. The van der Waals surface area contributed by atoms with E-state index >= 15 is 0 Å². The summed E-state index contributed by atoms with van der Waals surface area (Å²) in [7, 11) is 0. The number of halogens is 2. The molecule has 2 unspecified atom stereocenters. The second-order valence-electron chi connectivity index (χ2n) is 6.91. The first kappa shape index (κ1) is 19.6. The van der Waals surface area contributed by atoms with Crippen LogP contribution in [0.3, 0.4) is 0 Å². The van der Waals surface area contributed by atoms with Gasteiger partial charge >= 0.3 is 0 Å². The van der Waals surface area contributed by atoms with E-state index in [1.165, 1.54) is 0 Å². The van der Waals surface area contributed by atoms with Gasteiger partial charge in [0, 0.05) is 5.02 Å². The van der Waals surface area contributed by atoms with Gasteiger partial charge < -0.3 is 15.0 Å². The monoisotopic (exact) mass is 426 g/mol. The van der Waals surface area contributed by atoms with Gasteiger partial charge in [-0.15, -0.1) is 0 Å². The van der Waals surface area contributed by atoms with Gasteiger partial charge in [0.1, 0.15) is 5.75 Å². The first-order valence-corrected chi connectivity index (χ1v) is 10.1. The number of hydrogen-bond acceptors (Lipinski definition) is 3. The third-order valence-electron chi connectivity index (χ3n) is 4.90. The maximum Gasteiger partial charge on any atom is 0.267 e. The summed E-state index contributed by atoms with van der Waals surface area (Å²) in [6.07, 6.45) is -0.712. The van der Waals surface area contributed by atoms with Crippen LogP contribution in [-0.2, 0) is 4.79 Å². The van der Waals surface area contributed by atoms with Crippen molar-refractivity contribution in [3.8, 4) is 5.75 Å². The molecule has 4 rings (SSSR count). The average Bonchev–Trinajstić information content (AvgIpc) is 2.75. The molecule has 4 nitrogen and oxygen atoms in total. The lowest BCUT2D eigenvalue weighted by atomic mass is 10.0. The van der Waals surface area contributed by atoms with Crippen molar-refractivity contribution >= 4 is 40.5 Å². The van der Waals surface area contributed by atoms with Crippen molar-refractivity contribution in [1.82, 2.24) is 0 Å². The van der Waals surface area contributed by atoms with Gasteiger partial charge in [0.05, 0.1) is 29.0 Å². The number of benzene rings is 3. The number of para-hydroxylation sites is 2. The van der Waals surface area contributed by atoms with Crippen LogP contribution in [0.5, 0.6) is 5.75 Å². The van der Waals surface area contributed by atoms with Gasteiger partial charge in [-0.1, -0.05) is 65.7 Å². The number of ether oxygens (including phenoxy) is 1. The lowest BCUT2D eigenvalue weighted by Gasteiger charge is -2.37. The first-order chi connectivity index (χ1) is 14.0. The van der Waals surface area contributed by atoms with Gasteiger partial charge in [-0.05, 0) is 42.8 Å². The Kier molecular flexibility index (Phi) is 5.65. The average molecular weight is 427 g/mol. The van der Waals surface area contributed by atoms with Gasteiger partial charge in [0.2, 0.25) is 0 Å². The molecule has 0 aliphatic carbocycles. The quantitative estimate of drug-likeness (QED) is 0.559. The van der Waals surface area contributed by atoms with Crippen LogP contribution in [-0.4, -0.2) is 18.6 Å². The number of carbonyl (C=O) groups excluding carboxylic acids is 1. The lowest BCUT2D eigenvalue weighted by Crippen LogP contribution is -2.46. The van der Waals surface area contributed by atoms with Crippen LogP contribution < -0.4 is 15.0 Å². The largest absolute Gasteiger partial charge is 0.479 e. The van der Waals surface area contributed by atoms with Crippen LogP contribution in [0.2, 0.25) is 10.0 Å². The van der Waals surface area contributed by atoms with Crippen LogP contribution in [0.4, 0.5) is 11.4 Å². The zero-order chi connectivity index (χ0) is 20.4. The highest BCUT2D eigenvalue weighted by Crippen LogP contribution is 2.36. The Bertz CT molecular complexity index is 1030. The molecular formula is C23H20Cl2N2O2. The fraction of sp³-hybridized carbons (Fsp3) is 0.174. The fourth-order valence-corrected chi connectivity index (χ4v) is 3.91. The summed E-state index contributed by atoms with van der Waals surface area (Å²) in [4.78, 5) is 15.1. The van der Waals surface area contributed by atoms with E-state index in [-0.39, 0.29) is 11.9 Å². The maximum absolute atomic E-state index is 13.3. The summed E-state index contributed by atoms with van der Waals surface area (Å²) in [5.74, 6) is 0.297. The third-order valence-corrected chi connectivity index (χ3v) is 5.43. The summed E-state index contributed by atoms with van der Waals surface area (Å²) < 4.78 is 5.87. The van der Waals surface area contributed by atoms with Crippen molar-refractivity contribution in [3.63, 3.8) is 0 Å². The molecule has 0 bridgehead atoms. The van der Waals surface area contributed by atoms with Crippen molar-refractivity contribution in [1.29, 1.82) is 0 Å². The molecule has 0 spiro atoms. The van der Waals surface area contributed by atoms with E-state index in [9.17, 15) is 4.79 Å². The van der Waals surface area contributed by atoms with Crippen LogP contribution >= 0.6 is 23.2 Å². The van der Waals surface area contributed by atoms with Crippen LogP contribution in [0.1, 0.15) is 18.5 Å². The van der Waals surface area contributed by atoms with Gasteiger partial charge in [0.25, 0.3) is 5.91 Å². The SMILES string of the molecule is CC(Oc1ccc(Cl)cc1Cl)C(=O)N1CC(c2ccccc2)Nc2ccccc21. The molecule has 29 heavy (non-hydrogen) atoms. The van der Waals surface area contributed by atoms with Crippen LogP contribution in [0, 0.1) is 0 Å².